The van der Waals surface area contributed by atoms with E-state index in [0.717, 1.165) is 28.3 Å². The molecule has 0 atom stereocenters. The second-order valence-electron chi connectivity index (χ2n) is 11.0. The Hall–Kier alpha value is -3.20. The van der Waals surface area contributed by atoms with Gasteiger partial charge in [-0.05, 0) is 109 Å². The molecular weight excluding hydrogens is 490 g/mol. The van der Waals surface area contributed by atoms with Gasteiger partial charge in [-0.2, -0.15) is 5.10 Å². The molecule has 2 aromatic carbocycles. The summed E-state index contributed by atoms with van der Waals surface area (Å²) in [6, 6.07) is 14.4. The van der Waals surface area contributed by atoms with Crippen molar-refractivity contribution < 1.29 is 22.7 Å². The van der Waals surface area contributed by atoms with Crippen molar-refractivity contribution in [1.29, 1.82) is 0 Å². The molecule has 0 aromatic heterocycles. The molecule has 0 unspecified atom stereocenters. The lowest BCUT2D eigenvalue weighted by Gasteiger charge is -2.57. The summed E-state index contributed by atoms with van der Waals surface area (Å²) in [6.45, 7) is 0.945. The van der Waals surface area contributed by atoms with Crippen molar-refractivity contribution >= 4 is 33.8 Å². The summed E-state index contributed by atoms with van der Waals surface area (Å²) >= 11 is 0. The molecule has 196 valence electrons. The lowest BCUT2D eigenvalue weighted by molar-refractivity contribution is -0.131. The molecule has 0 heterocycles. The number of benzene rings is 2. The number of rotatable bonds is 8. The number of carbonyl (C=O) groups excluding carboxylic acids is 2. The number of anilines is 1. The number of esters is 1. The zero-order chi connectivity index (χ0) is 26.2. The van der Waals surface area contributed by atoms with E-state index in [2.05, 4.69) is 22.7 Å². The minimum Gasteiger partial charge on any atom is -0.427 e. The average Bonchev–Trinajstić information content (AvgIpc) is 2.82. The van der Waals surface area contributed by atoms with Crippen molar-refractivity contribution in [2.45, 2.75) is 50.9 Å². The van der Waals surface area contributed by atoms with Crippen LogP contribution in [0.2, 0.25) is 0 Å². The number of hydrazone groups is 1. The van der Waals surface area contributed by atoms with Crippen LogP contribution in [0.25, 0.3) is 0 Å². The number of hydrogen-bond acceptors (Lipinski definition) is 6. The third-order valence-corrected chi connectivity index (χ3v) is 9.18. The Morgan fingerprint density at radius 1 is 1.00 bits per heavy atom. The van der Waals surface area contributed by atoms with Gasteiger partial charge in [-0.3, -0.25) is 13.9 Å². The van der Waals surface area contributed by atoms with Crippen LogP contribution in [0.15, 0.2) is 53.6 Å². The third kappa shape index (κ3) is 5.71. The molecule has 0 saturated heterocycles. The van der Waals surface area contributed by atoms with E-state index in [1.54, 1.807) is 24.3 Å². The fourth-order valence-corrected chi connectivity index (χ4v) is 7.83. The highest BCUT2D eigenvalue weighted by molar-refractivity contribution is 7.92. The molecule has 9 heteroatoms. The first kappa shape index (κ1) is 25.4. The smallest absolute Gasteiger partial charge is 0.308 e. The van der Waals surface area contributed by atoms with Gasteiger partial charge in [-0.15, -0.1) is 0 Å². The summed E-state index contributed by atoms with van der Waals surface area (Å²) in [5, 5.41) is 3.93. The minimum absolute atomic E-state index is 0.228. The highest BCUT2D eigenvalue weighted by atomic mass is 32.2. The molecule has 4 fully saturated rings. The predicted octanol–water partition coefficient (Wildman–Crippen LogP) is 4.00. The van der Waals surface area contributed by atoms with E-state index in [-0.39, 0.29) is 12.0 Å². The number of carbonyl (C=O) groups is 2. The molecule has 1 amide bonds. The zero-order valence-electron chi connectivity index (χ0n) is 21.2. The Morgan fingerprint density at radius 3 is 2.08 bits per heavy atom. The summed E-state index contributed by atoms with van der Waals surface area (Å²) in [5.41, 5.74) is 5.07. The monoisotopic (exact) mass is 523 g/mol. The fourth-order valence-electron chi connectivity index (χ4n) is 6.98. The van der Waals surface area contributed by atoms with Gasteiger partial charge in [-0.25, -0.2) is 13.8 Å². The second kappa shape index (κ2) is 9.93. The van der Waals surface area contributed by atoms with E-state index in [0.29, 0.717) is 17.0 Å². The van der Waals surface area contributed by atoms with Crippen LogP contribution >= 0.6 is 0 Å². The van der Waals surface area contributed by atoms with Crippen molar-refractivity contribution in [1.82, 2.24) is 5.43 Å². The first-order chi connectivity index (χ1) is 17.6. The van der Waals surface area contributed by atoms with Gasteiger partial charge in [0.1, 0.15) is 12.3 Å². The van der Waals surface area contributed by atoms with Gasteiger partial charge in [0.15, 0.2) is 0 Å². The number of ether oxygens (including phenoxy) is 1. The maximum atomic E-state index is 12.5. The first-order valence-electron chi connectivity index (χ1n) is 12.8. The van der Waals surface area contributed by atoms with Crippen molar-refractivity contribution in [3.63, 3.8) is 0 Å². The van der Waals surface area contributed by atoms with E-state index in [4.69, 9.17) is 4.74 Å². The minimum atomic E-state index is -3.68. The second-order valence-corrected chi connectivity index (χ2v) is 12.9. The molecule has 37 heavy (non-hydrogen) atoms. The Bertz CT molecular complexity index is 1270. The molecule has 2 aromatic rings. The van der Waals surface area contributed by atoms with Crippen LogP contribution in [0.5, 0.6) is 5.75 Å². The van der Waals surface area contributed by atoms with Gasteiger partial charge in [0.25, 0.3) is 5.91 Å². The molecule has 8 nitrogen and oxygen atoms in total. The number of sulfonamides is 1. The maximum Gasteiger partial charge on any atom is 0.308 e. The number of hydrogen-bond donors (Lipinski definition) is 1. The maximum absolute atomic E-state index is 12.5. The zero-order valence-corrected chi connectivity index (χ0v) is 22.0. The molecule has 0 aliphatic heterocycles. The van der Waals surface area contributed by atoms with Crippen LogP contribution in [0.1, 0.15) is 56.6 Å². The van der Waals surface area contributed by atoms with Gasteiger partial charge in [0.2, 0.25) is 10.0 Å². The van der Waals surface area contributed by atoms with E-state index in [1.165, 1.54) is 57.2 Å². The first-order valence-corrected chi connectivity index (χ1v) is 14.6. The number of amides is 1. The van der Waals surface area contributed by atoms with Crippen molar-refractivity contribution in [2.75, 3.05) is 17.1 Å². The van der Waals surface area contributed by atoms with Crippen LogP contribution in [-0.2, 0) is 25.0 Å². The molecule has 4 saturated carbocycles. The van der Waals surface area contributed by atoms with Crippen LogP contribution in [0.4, 0.5) is 5.69 Å². The molecule has 0 radical (unpaired) electrons. The lowest BCUT2D eigenvalue weighted by atomic mass is 9.48. The standard InChI is InChI=1S/C28H33N3O5S/c1-19(32)36-26-9-3-20(4-10-26)17-29-30-27(33)18-31(37(2,34)35)25-7-5-24(6-8-25)28-14-21-11-22(15-28)13-23(12-21)16-28/h3-10,17,21-23H,11-16,18H2,1-2H3,(H,30,33)/b29-17-. The summed E-state index contributed by atoms with van der Waals surface area (Å²) in [6.07, 6.45) is 10.4. The highest BCUT2D eigenvalue weighted by Gasteiger charge is 2.51. The van der Waals surface area contributed by atoms with Crippen LogP contribution in [0.3, 0.4) is 0 Å². The Kier molecular flexibility index (Phi) is 6.83. The summed E-state index contributed by atoms with van der Waals surface area (Å²) in [7, 11) is -3.68. The van der Waals surface area contributed by atoms with Gasteiger partial charge in [-0.1, -0.05) is 12.1 Å². The topological polar surface area (TPSA) is 105 Å². The van der Waals surface area contributed by atoms with E-state index in [1.807, 2.05) is 12.1 Å². The summed E-state index contributed by atoms with van der Waals surface area (Å²) < 4.78 is 31.2. The van der Waals surface area contributed by atoms with Crippen LogP contribution in [-0.4, -0.2) is 39.3 Å². The lowest BCUT2D eigenvalue weighted by Crippen LogP contribution is -2.48. The van der Waals surface area contributed by atoms with Gasteiger partial charge in [0, 0.05) is 6.92 Å². The van der Waals surface area contributed by atoms with Gasteiger partial charge in [0.05, 0.1) is 18.2 Å². The van der Waals surface area contributed by atoms with Crippen molar-refractivity contribution in [3.05, 3.63) is 59.7 Å². The molecule has 0 spiro atoms. The van der Waals surface area contributed by atoms with Gasteiger partial charge < -0.3 is 4.74 Å². The molecule has 1 N–H and O–H groups in total. The largest absolute Gasteiger partial charge is 0.427 e. The SMILES string of the molecule is CC(=O)Oc1ccc(/C=N\NC(=O)CN(c2ccc(C34CC5CC(CC(C5)C3)C4)cc2)S(C)(=O)=O)cc1. The van der Waals surface area contributed by atoms with E-state index >= 15 is 0 Å². The summed E-state index contributed by atoms with van der Waals surface area (Å²) in [5.74, 6) is 1.93. The third-order valence-electron chi connectivity index (χ3n) is 8.04. The highest BCUT2D eigenvalue weighted by Crippen LogP contribution is 2.60. The van der Waals surface area contributed by atoms with Crippen molar-refractivity contribution in [3.8, 4) is 5.75 Å². The molecule has 4 bridgehead atoms. The number of nitrogens with zero attached hydrogens (tertiary/aromatic N) is 2. The Morgan fingerprint density at radius 2 is 1.57 bits per heavy atom. The molecular formula is C28H33N3O5S. The molecule has 6 rings (SSSR count). The van der Waals surface area contributed by atoms with E-state index < -0.39 is 21.9 Å². The van der Waals surface area contributed by atoms with Crippen LogP contribution < -0.4 is 14.5 Å². The normalized spacial score (nSPS) is 26.3. The van der Waals surface area contributed by atoms with Gasteiger partial charge >= 0.3 is 5.97 Å². The Labute approximate surface area is 218 Å². The van der Waals surface area contributed by atoms with Crippen LogP contribution in [0, 0.1) is 17.8 Å². The average molecular weight is 524 g/mol. The molecule has 4 aliphatic rings. The molecule has 4 aliphatic carbocycles. The van der Waals surface area contributed by atoms with Crippen molar-refractivity contribution in [2.24, 2.45) is 22.9 Å². The Balaban J connectivity index is 1.24. The quantitative estimate of drug-likeness (QED) is 0.244. The number of nitrogens with one attached hydrogen (secondary N) is 1. The summed E-state index contributed by atoms with van der Waals surface area (Å²) in [4.78, 5) is 23.6. The van der Waals surface area contributed by atoms with E-state index in [9.17, 15) is 18.0 Å². The fraction of sp³-hybridized carbons (Fsp3) is 0.464. The predicted molar refractivity (Wildman–Crippen MR) is 142 cm³/mol.